The van der Waals surface area contributed by atoms with Gasteiger partial charge < -0.3 is 0 Å². The van der Waals surface area contributed by atoms with E-state index in [1.165, 1.54) is 0 Å². The molecule has 0 aliphatic carbocycles. The van der Waals surface area contributed by atoms with Gasteiger partial charge in [-0.25, -0.2) is 0 Å². The molecule has 0 atom stereocenters. The number of fused-ring (bicyclic) bond motifs is 1. The second kappa shape index (κ2) is 3.35. The van der Waals surface area contributed by atoms with E-state index in [1.807, 2.05) is 24.3 Å². The highest BCUT2D eigenvalue weighted by Crippen LogP contribution is 2.15. The molecule has 0 amide bonds. The standard InChI is InChI=1S/C11H10N2/c1-2-5-11-10-7-4-3-6-9(10)8-12-13-11/h2-4,6-8H,1,5H2. The van der Waals surface area contributed by atoms with Gasteiger partial charge in [-0.15, -0.1) is 6.58 Å². The fraction of sp³-hybridized carbons (Fsp3) is 0.0909. The van der Waals surface area contributed by atoms with E-state index in [9.17, 15) is 0 Å². The van der Waals surface area contributed by atoms with E-state index in [0.29, 0.717) is 0 Å². The van der Waals surface area contributed by atoms with Gasteiger partial charge in [0.15, 0.2) is 0 Å². The third-order valence-corrected chi connectivity index (χ3v) is 1.98. The number of nitrogens with zero attached hydrogens (tertiary/aromatic N) is 2. The van der Waals surface area contributed by atoms with Gasteiger partial charge in [-0.3, -0.25) is 0 Å². The summed E-state index contributed by atoms with van der Waals surface area (Å²) in [5, 5.41) is 10.3. The summed E-state index contributed by atoms with van der Waals surface area (Å²) >= 11 is 0. The zero-order valence-electron chi connectivity index (χ0n) is 7.27. The lowest BCUT2D eigenvalue weighted by Crippen LogP contribution is -1.91. The molecule has 0 aliphatic heterocycles. The predicted octanol–water partition coefficient (Wildman–Crippen LogP) is 2.36. The highest BCUT2D eigenvalue weighted by Gasteiger charge is 1.99. The molecule has 0 fully saturated rings. The summed E-state index contributed by atoms with van der Waals surface area (Å²) in [6.07, 6.45) is 4.40. The largest absolute Gasteiger partial charge is 0.158 e. The lowest BCUT2D eigenvalue weighted by Gasteiger charge is -2.00. The van der Waals surface area contributed by atoms with Crippen molar-refractivity contribution in [1.82, 2.24) is 10.2 Å². The Hall–Kier alpha value is -1.70. The summed E-state index contributed by atoms with van der Waals surface area (Å²) in [6, 6.07) is 8.11. The van der Waals surface area contributed by atoms with E-state index in [2.05, 4.69) is 22.8 Å². The summed E-state index contributed by atoms with van der Waals surface area (Å²) in [6.45, 7) is 3.69. The lowest BCUT2D eigenvalue weighted by atomic mass is 10.1. The Labute approximate surface area is 76.9 Å². The number of hydrogen-bond acceptors (Lipinski definition) is 2. The van der Waals surface area contributed by atoms with Crippen LogP contribution < -0.4 is 0 Å². The summed E-state index contributed by atoms with van der Waals surface area (Å²) in [4.78, 5) is 0. The molecular formula is C11H10N2. The van der Waals surface area contributed by atoms with Gasteiger partial charge in [-0.1, -0.05) is 30.3 Å². The molecule has 64 valence electrons. The monoisotopic (exact) mass is 170 g/mol. The highest BCUT2D eigenvalue weighted by molar-refractivity contribution is 5.83. The van der Waals surface area contributed by atoms with Crippen molar-refractivity contribution >= 4 is 10.8 Å². The minimum atomic E-state index is 0.772. The number of benzene rings is 1. The van der Waals surface area contributed by atoms with Crippen molar-refractivity contribution in [3.05, 3.63) is 48.8 Å². The Morgan fingerprint density at radius 2 is 2.15 bits per heavy atom. The van der Waals surface area contributed by atoms with Crippen LogP contribution in [0.25, 0.3) is 10.8 Å². The number of aromatic nitrogens is 2. The topological polar surface area (TPSA) is 25.8 Å². The first-order chi connectivity index (χ1) is 6.42. The van der Waals surface area contributed by atoms with Crippen LogP contribution in [0.3, 0.4) is 0 Å². The van der Waals surface area contributed by atoms with Gasteiger partial charge in [0, 0.05) is 17.2 Å². The van der Waals surface area contributed by atoms with Crippen molar-refractivity contribution in [1.29, 1.82) is 0 Å². The molecule has 1 heterocycles. The third kappa shape index (κ3) is 1.43. The zero-order valence-corrected chi connectivity index (χ0v) is 7.27. The van der Waals surface area contributed by atoms with Crippen LogP contribution in [-0.2, 0) is 6.42 Å². The van der Waals surface area contributed by atoms with Crippen LogP contribution in [0.5, 0.6) is 0 Å². The van der Waals surface area contributed by atoms with E-state index in [4.69, 9.17) is 0 Å². The zero-order chi connectivity index (χ0) is 9.10. The maximum atomic E-state index is 4.08. The van der Waals surface area contributed by atoms with E-state index >= 15 is 0 Å². The minimum absolute atomic E-state index is 0.772. The second-order valence-electron chi connectivity index (χ2n) is 2.87. The Kier molecular flexibility index (Phi) is 2.04. The molecule has 0 unspecified atom stereocenters. The molecule has 2 rings (SSSR count). The van der Waals surface area contributed by atoms with Gasteiger partial charge in [-0.05, 0) is 0 Å². The number of hydrogen-bond donors (Lipinski definition) is 0. The molecule has 0 bridgehead atoms. The smallest absolute Gasteiger partial charge is 0.0746 e. The maximum Gasteiger partial charge on any atom is 0.0746 e. The molecular weight excluding hydrogens is 160 g/mol. The highest BCUT2D eigenvalue weighted by atomic mass is 15.1. The van der Waals surface area contributed by atoms with E-state index in [1.54, 1.807) is 6.20 Å². The number of rotatable bonds is 2. The Morgan fingerprint density at radius 1 is 1.31 bits per heavy atom. The van der Waals surface area contributed by atoms with Crippen LogP contribution in [0, 0.1) is 0 Å². The Bertz CT molecular complexity index is 430. The molecule has 2 heteroatoms. The average molecular weight is 170 g/mol. The van der Waals surface area contributed by atoms with Crippen LogP contribution in [0.4, 0.5) is 0 Å². The molecule has 0 radical (unpaired) electrons. The fourth-order valence-corrected chi connectivity index (χ4v) is 1.37. The molecule has 0 spiro atoms. The Balaban J connectivity index is 2.68. The summed E-state index contributed by atoms with van der Waals surface area (Å²) in [5.41, 5.74) is 0.994. The molecule has 2 nitrogen and oxygen atoms in total. The van der Waals surface area contributed by atoms with Gasteiger partial charge in [0.1, 0.15) is 0 Å². The van der Waals surface area contributed by atoms with Crippen molar-refractivity contribution in [3.63, 3.8) is 0 Å². The molecule has 0 N–H and O–H groups in total. The molecule has 0 saturated heterocycles. The van der Waals surface area contributed by atoms with Crippen molar-refractivity contribution in [2.24, 2.45) is 0 Å². The van der Waals surface area contributed by atoms with E-state index < -0.39 is 0 Å². The predicted molar refractivity (Wildman–Crippen MR) is 53.4 cm³/mol. The van der Waals surface area contributed by atoms with Gasteiger partial charge in [0.25, 0.3) is 0 Å². The van der Waals surface area contributed by atoms with Gasteiger partial charge >= 0.3 is 0 Å². The minimum Gasteiger partial charge on any atom is -0.158 e. The average Bonchev–Trinajstić information content (AvgIpc) is 2.19. The summed E-state index contributed by atoms with van der Waals surface area (Å²) in [7, 11) is 0. The van der Waals surface area contributed by atoms with Crippen LogP contribution in [0.15, 0.2) is 43.1 Å². The summed E-state index contributed by atoms with van der Waals surface area (Å²) < 4.78 is 0. The molecule has 0 saturated carbocycles. The molecule has 13 heavy (non-hydrogen) atoms. The van der Waals surface area contributed by atoms with Crippen LogP contribution >= 0.6 is 0 Å². The first-order valence-electron chi connectivity index (χ1n) is 4.22. The third-order valence-electron chi connectivity index (χ3n) is 1.98. The van der Waals surface area contributed by atoms with Crippen molar-refractivity contribution in [2.45, 2.75) is 6.42 Å². The van der Waals surface area contributed by atoms with Crippen LogP contribution in [0.1, 0.15) is 5.69 Å². The van der Waals surface area contributed by atoms with Crippen molar-refractivity contribution in [3.8, 4) is 0 Å². The van der Waals surface area contributed by atoms with Crippen LogP contribution in [0.2, 0.25) is 0 Å². The van der Waals surface area contributed by atoms with Gasteiger partial charge in [-0.2, -0.15) is 10.2 Å². The van der Waals surface area contributed by atoms with E-state index in [-0.39, 0.29) is 0 Å². The van der Waals surface area contributed by atoms with Crippen molar-refractivity contribution in [2.75, 3.05) is 0 Å². The number of allylic oxidation sites excluding steroid dienone is 1. The van der Waals surface area contributed by atoms with Crippen LogP contribution in [-0.4, -0.2) is 10.2 Å². The van der Waals surface area contributed by atoms with Gasteiger partial charge in [0.05, 0.1) is 11.9 Å². The fourth-order valence-electron chi connectivity index (χ4n) is 1.37. The quantitative estimate of drug-likeness (QED) is 0.646. The second-order valence-corrected chi connectivity index (χ2v) is 2.87. The first-order valence-corrected chi connectivity index (χ1v) is 4.22. The van der Waals surface area contributed by atoms with Gasteiger partial charge in [0.2, 0.25) is 0 Å². The Morgan fingerprint density at radius 3 is 3.00 bits per heavy atom. The molecule has 1 aromatic heterocycles. The van der Waals surface area contributed by atoms with Crippen molar-refractivity contribution < 1.29 is 0 Å². The molecule has 1 aromatic carbocycles. The van der Waals surface area contributed by atoms with E-state index in [0.717, 1.165) is 22.9 Å². The molecule has 0 aliphatic rings. The normalized spacial score (nSPS) is 10.2. The summed E-state index contributed by atoms with van der Waals surface area (Å²) in [5.74, 6) is 0. The maximum absolute atomic E-state index is 4.08. The lowest BCUT2D eigenvalue weighted by molar-refractivity contribution is 0.971. The molecule has 2 aromatic rings. The SMILES string of the molecule is C=CCc1nncc2ccccc12. The first kappa shape index (κ1) is 7.92.